The zero-order valence-electron chi connectivity index (χ0n) is 5.82. The molecule has 0 aromatic rings. The van der Waals surface area contributed by atoms with Crippen LogP contribution in [-0.2, 0) is 0 Å². The predicted octanol–water partition coefficient (Wildman–Crippen LogP) is 1.60. The first-order valence-corrected chi connectivity index (χ1v) is 3.63. The van der Waals surface area contributed by atoms with Crippen LogP contribution in [0.25, 0.3) is 0 Å². The molecule has 1 nitrogen and oxygen atoms in total. The van der Waals surface area contributed by atoms with Crippen molar-refractivity contribution in [3.8, 4) is 0 Å². The largest absolute Gasteiger partial charge is 0.441 e. The van der Waals surface area contributed by atoms with E-state index in [1.807, 2.05) is 6.08 Å². The van der Waals surface area contributed by atoms with Crippen molar-refractivity contribution in [2.45, 2.75) is 37.7 Å². The van der Waals surface area contributed by atoms with Crippen molar-refractivity contribution in [1.29, 1.82) is 0 Å². The summed E-state index contributed by atoms with van der Waals surface area (Å²) in [6, 6.07) is 0. The predicted molar refractivity (Wildman–Crippen MR) is 39.6 cm³/mol. The second-order valence-corrected chi connectivity index (χ2v) is 2.98. The molecule has 1 aliphatic rings. The van der Waals surface area contributed by atoms with E-state index in [0.717, 1.165) is 19.3 Å². The Morgan fingerprint density at radius 2 is 2.00 bits per heavy atom. The van der Waals surface area contributed by atoms with E-state index < -0.39 is 0 Å². The van der Waals surface area contributed by atoms with E-state index in [2.05, 4.69) is 6.58 Å². The van der Waals surface area contributed by atoms with Gasteiger partial charge < -0.3 is 5.11 Å². The Balaban J connectivity index is 2.40. The van der Waals surface area contributed by atoms with Gasteiger partial charge in [-0.05, 0) is 12.8 Å². The molecule has 1 aliphatic carbocycles. The third-order valence-corrected chi connectivity index (χ3v) is 2.10. The van der Waals surface area contributed by atoms with Crippen LogP contribution in [0.4, 0.5) is 0 Å². The van der Waals surface area contributed by atoms with Crippen LogP contribution in [0.1, 0.15) is 32.1 Å². The molecule has 1 fully saturated rings. The minimum absolute atomic E-state index is 0.123. The fourth-order valence-electron chi connectivity index (χ4n) is 1.53. The maximum Gasteiger partial charge on any atom is 0.167 e. The standard InChI is InChI=1S/C8H14O/c1-2-5-8(9)6-3-4-7-8/h2,9H,1,3-7H2/p+1. The van der Waals surface area contributed by atoms with Gasteiger partial charge in [-0.3, -0.25) is 0 Å². The highest BCUT2D eigenvalue weighted by Crippen LogP contribution is 2.32. The molecule has 0 heterocycles. The van der Waals surface area contributed by atoms with Gasteiger partial charge in [-0.25, -0.2) is 0 Å². The topological polar surface area (TPSA) is 22.9 Å². The summed E-state index contributed by atoms with van der Waals surface area (Å²) < 4.78 is 0. The normalized spacial score (nSPS) is 24.1. The molecule has 0 aromatic carbocycles. The lowest BCUT2D eigenvalue weighted by atomic mass is 9.98. The molecule has 0 atom stereocenters. The second kappa shape index (κ2) is 2.53. The Bertz CT molecular complexity index is 101. The lowest BCUT2D eigenvalue weighted by molar-refractivity contribution is 0.0510. The number of hydrogen-bond donors (Lipinski definition) is 0. The van der Waals surface area contributed by atoms with Crippen molar-refractivity contribution in [1.82, 2.24) is 0 Å². The van der Waals surface area contributed by atoms with Crippen molar-refractivity contribution < 1.29 is 5.11 Å². The summed E-state index contributed by atoms with van der Waals surface area (Å²) in [7, 11) is 0. The highest BCUT2D eigenvalue weighted by molar-refractivity contribution is 4.90. The van der Waals surface area contributed by atoms with Crippen molar-refractivity contribution >= 4 is 0 Å². The number of hydrogen-bond acceptors (Lipinski definition) is 0. The summed E-state index contributed by atoms with van der Waals surface area (Å²) in [5.74, 6) is 0. The first kappa shape index (κ1) is 6.81. The quantitative estimate of drug-likeness (QED) is 0.397. The molecule has 0 aromatic heterocycles. The van der Waals surface area contributed by atoms with Gasteiger partial charge in [0, 0.05) is 19.3 Å². The molecule has 1 saturated carbocycles. The van der Waals surface area contributed by atoms with Crippen molar-refractivity contribution in [3.05, 3.63) is 12.7 Å². The summed E-state index contributed by atoms with van der Waals surface area (Å²) in [5.41, 5.74) is -0.123. The second-order valence-electron chi connectivity index (χ2n) is 2.98. The molecule has 0 spiro atoms. The zero-order valence-corrected chi connectivity index (χ0v) is 5.82. The fraction of sp³-hybridized carbons (Fsp3) is 0.750. The first-order valence-electron chi connectivity index (χ1n) is 3.63. The van der Waals surface area contributed by atoms with Gasteiger partial charge >= 0.3 is 0 Å². The molecule has 0 bridgehead atoms. The van der Waals surface area contributed by atoms with E-state index in [4.69, 9.17) is 5.11 Å². The Kier molecular flexibility index (Phi) is 1.91. The van der Waals surface area contributed by atoms with Crippen LogP contribution in [0.5, 0.6) is 0 Å². The average Bonchev–Trinajstić information content (AvgIpc) is 2.16. The van der Waals surface area contributed by atoms with Gasteiger partial charge in [-0.15, -0.1) is 6.58 Å². The highest BCUT2D eigenvalue weighted by Gasteiger charge is 2.34. The molecule has 0 amide bonds. The molecular formula is C8H15O+. The Labute approximate surface area is 56.4 Å². The van der Waals surface area contributed by atoms with Crippen LogP contribution in [-0.4, -0.2) is 10.7 Å². The van der Waals surface area contributed by atoms with Crippen molar-refractivity contribution in [3.63, 3.8) is 0 Å². The molecular weight excluding hydrogens is 112 g/mol. The third kappa shape index (κ3) is 1.55. The Morgan fingerprint density at radius 3 is 2.44 bits per heavy atom. The van der Waals surface area contributed by atoms with Gasteiger partial charge in [0.2, 0.25) is 0 Å². The van der Waals surface area contributed by atoms with E-state index in [9.17, 15) is 0 Å². The van der Waals surface area contributed by atoms with Crippen LogP contribution in [0, 0.1) is 0 Å². The Hall–Kier alpha value is -0.300. The van der Waals surface area contributed by atoms with Crippen LogP contribution < -0.4 is 0 Å². The summed E-state index contributed by atoms with van der Waals surface area (Å²) in [6.07, 6.45) is 7.41. The van der Waals surface area contributed by atoms with E-state index in [1.54, 1.807) is 0 Å². The molecule has 0 aliphatic heterocycles. The highest BCUT2D eigenvalue weighted by atomic mass is 16.3. The summed E-state index contributed by atoms with van der Waals surface area (Å²) >= 11 is 0. The van der Waals surface area contributed by atoms with Crippen LogP contribution >= 0.6 is 0 Å². The third-order valence-electron chi connectivity index (χ3n) is 2.10. The van der Waals surface area contributed by atoms with Gasteiger partial charge in [0.25, 0.3) is 0 Å². The minimum atomic E-state index is -0.123. The van der Waals surface area contributed by atoms with E-state index >= 15 is 0 Å². The van der Waals surface area contributed by atoms with Gasteiger partial charge in [0.15, 0.2) is 5.60 Å². The smallest absolute Gasteiger partial charge is 0.167 e. The molecule has 0 unspecified atom stereocenters. The molecule has 0 saturated heterocycles. The average molecular weight is 127 g/mol. The van der Waals surface area contributed by atoms with Crippen LogP contribution in [0.2, 0.25) is 0 Å². The molecule has 52 valence electrons. The van der Waals surface area contributed by atoms with Gasteiger partial charge in [0.05, 0.1) is 0 Å². The summed E-state index contributed by atoms with van der Waals surface area (Å²) in [6.45, 7) is 3.65. The zero-order chi connectivity index (χ0) is 6.74. The molecule has 0 radical (unpaired) electrons. The number of rotatable bonds is 2. The molecule has 2 N–H and O–H groups in total. The van der Waals surface area contributed by atoms with E-state index in [-0.39, 0.29) is 5.60 Å². The van der Waals surface area contributed by atoms with E-state index in [1.165, 1.54) is 12.8 Å². The maximum absolute atomic E-state index is 7.81. The summed E-state index contributed by atoms with van der Waals surface area (Å²) in [5, 5.41) is 7.81. The van der Waals surface area contributed by atoms with Crippen molar-refractivity contribution in [2.24, 2.45) is 0 Å². The monoisotopic (exact) mass is 127 g/mol. The first-order chi connectivity index (χ1) is 4.27. The van der Waals surface area contributed by atoms with Crippen LogP contribution in [0.15, 0.2) is 12.7 Å². The minimum Gasteiger partial charge on any atom is -0.441 e. The summed E-state index contributed by atoms with van der Waals surface area (Å²) in [4.78, 5) is 0. The lowest BCUT2D eigenvalue weighted by Gasteiger charge is -2.13. The lowest BCUT2D eigenvalue weighted by Crippen LogP contribution is -2.22. The molecule has 1 heteroatoms. The van der Waals surface area contributed by atoms with Gasteiger partial charge in [-0.1, -0.05) is 6.08 Å². The van der Waals surface area contributed by atoms with Crippen LogP contribution in [0.3, 0.4) is 0 Å². The molecule has 9 heavy (non-hydrogen) atoms. The fourth-order valence-corrected chi connectivity index (χ4v) is 1.53. The SMILES string of the molecule is C=CCC1([OH2+])CCCC1. The van der Waals surface area contributed by atoms with Gasteiger partial charge in [-0.2, -0.15) is 0 Å². The maximum atomic E-state index is 7.81. The van der Waals surface area contributed by atoms with Gasteiger partial charge in [0.1, 0.15) is 0 Å². The van der Waals surface area contributed by atoms with Crippen molar-refractivity contribution in [2.75, 3.05) is 0 Å². The Morgan fingerprint density at radius 1 is 1.44 bits per heavy atom. The van der Waals surface area contributed by atoms with E-state index in [0.29, 0.717) is 0 Å². The molecule has 1 rings (SSSR count).